The van der Waals surface area contributed by atoms with Crippen LogP contribution in [0.3, 0.4) is 0 Å². The lowest BCUT2D eigenvalue weighted by atomic mass is 10.1. The Labute approximate surface area is 124 Å². The van der Waals surface area contributed by atoms with Crippen LogP contribution >= 0.6 is 0 Å². The van der Waals surface area contributed by atoms with Crippen molar-refractivity contribution >= 4 is 11.4 Å². The Kier molecular flexibility index (Phi) is 5.57. The van der Waals surface area contributed by atoms with Crippen LogP contribution in [0.2, 0.25) is 0 Å². The molecule has 6 nitrogen and oxygen atoms in total. The molecule has 0 radical (unpaired) electrons. The van der Waals surface area contributed by atoms with Crippen molar-refractivity contribution in [1.82, 2.24) is 5.32 Å². The highest BCUT2D eigenvalue weighted by molar-refractivity contribution is 5.68. The Morgan fingerprint density at radius 2 is 2.33 bits per heavy atom. The third-order valence-electron chi connectivity index (χ3n) is 3.31. The van der Waals surface area contributed by atoms with Crippen molar-refractivity contribution in [2.75, 3.05) is 31.6 Å². The van der Waals surface area contributed by atoms with Crippen LogP contribution < -0.4 is 15.4 Å². The summed E-state index contributed by atoms with van der Waals surface area (Å²) in [6.07, 6.45) is 3.90. The molecule has 1 heterocycles. The number of anilines is 1. The number of nitrogens with one attached hydrogen (secondary N) is 2. The van der Waals surface area contributed by atoms with E-state index in [0.29, 0.717) is 24.6 Å². The zero-order chi connectivity index (χ0) is 15.1. The number of nitro groups is 1. The molecule has 0 fully saturated rings. The van der Waals surface area contributed by atoms with Gasteiger partial charge in [0.15, 0.2) is 5.75 Å². The minimum absolute atomic E-state index is 0.0143. The topological polar surface area (TPSA) is 76.4 Å². The van der Waals surface area contributed by atoms with Crippen LogP contribution in [-0.4, -0.2) is 31.2 Å². The number of ether oxygens (including phenoxy) is 1. The van der Waals surface area contributed by atoms with Crippen molar-refractivity contribution in [3.8, 4) is 5.75 Å². The second-order valence-corrected chi connectivity index (χ2v) is 4.93. The van der Waals surface area contributed by atoms with Gasteiger partial charge in [0.1, 0.15) is 5.69 Å². The van der Waals surface area contributed by atoms with Crippen LogP contribution in [0.25, 0.3) is 0 Å². The summed E-state index contributed by atoms with van der Waals surface area (Å²) < 4.78 is 5.47. The van der Waals surface area contributed by atoms with Crippen molar-refractivity contribution in [2.24, 2.45) is 0 Å². The van der Waals surface area contributed by atoms with Crippen molar-refractivity contribution in [2.45, 2.75) is 19.8 Å². The molecule has 2 N–H and O–H groups in total. The highest BCUT2D eigenvalue weighted by atomic mass is 16.6. The van der Waals surface area contributed by atoms with Gasteiger partial charge in [-0.25, -0.2) is 0 Å². The van der Waals surface area contributed by atoms with Gasteiger partial charge in [0.05, 0.1) is 11.5 Å². The number of rotatable bonds is 7. The lowest BCUT2D eigenvalue weighted by molar-refractivity contribution is -0.384. The van der Waals surface area contributed by atoms with E-state index in [1.807, 2.05) is 6.92 Å². The first-order chi connectivity index (χ1) is 10.2. The minimum atomic E-state index is -0.385. The maximum Gasteiger partial charge on any atom is 0.333 e. The van der Waals surface area contributed by atoms with Crippen LogP contribution in [0.1, 0.15) is 19.8 Å². The van der Waals surface area contributed by atoms with Gasteiger partial charge in [0.25, 0.3) is 0 Å². The Morgan fingerprint density at radius 1 is 1.48 bits per heavy atom. The van der Waals surface area contributed by atoms with Gasteiger partial charge in [-0.2, -0.15) is 0 Å². The second kappa shape index (κ2) is 7.64. The number of hydrogen-bond acceptors (Lipinski definition) is 5. The van der Waals surface area contributed by atoms with Crippen LogP contribution in [0.15, 0.2) is 29.8 Å². The third kappa shape index (κ3) is 4.19. The molecule has 1 aromatic rings. The predicted octanol–water partition coefficient (Wildman–Crippen LogP) is 2.72. The molecule has 6 heteroatoms. The van der Waals surface area contributed by atoms with Gasteiger partial charge in [-0.15, -0.1) is 0 Å². The van der Waals surface area contributed by atoms with E-state index in [-0.39, 0.29) is 10.6 Å². The average molecular weight is 291 g/mol. The molecule has 0 bridgehead atoms. The predicted molar refractivity (Wildman–Crippen MR) is 82.9 cm³/mol. The van der Waals surface area contributed by atoms with Gasteiger partial charge in [0.2, 0.25) is 0 Å². The summed E-state index contributed by atoms with van der Waals surface area (Å²) in [6, 6.07) is 5.14. The largest absolute Gasteiger partial charge is 0.487 e. The zero-order valence-electron chi connectivity index (χ0n) is 12.2. The highest BCUT2D eigenvalue weighted by Gasteiger charge is 2.21. The summed E-state index contributed by atoms with van der Waals surface area (Å²) in [4.78, 5) is 10.9. The van der Waals surface area contributed by atoms with E-state index in [0.717, 1.165) is 25.9 Å². The Balaban J connectivity index is 2.13. The van der Waals surface area contributed by atoms with Gasteiger partial charge in [-0.1, -0.05) is 24.6 Å². The van der Waals surface area contributed by atoms with Gasteiger partial charge < -0.3 is 15.4 Å². The van der Waals surface area contributed by atoms with Crippen LogP contribution in [0.5, 0.6) is 5.75 Å². The number of hydrogen-bond donors (Lipinski definition) is 2. The summed E-state index contributed by atoms with van der Waals surface area (Å²) in [6.45, 7) is 4.88. The molecule has 0 spiro atoms. The molecule has 1 aliphatic rings. The van der Waals surface area contributed by atoms with E-state index < -0.39 is 0 Å². The van der Waals surface area contributed by atoms with Gasteiger partial charge in [-0.3, -0.25) is 10.1 Å². The number of nitro benzene ring substituents is 1. The maximum absolute atomic E-state index is 11.3. The molecule has 1 aromatic carbocycles. The molecule has 21 heavy (non-hydrogen) atoms. The summed E-state index contributed by atoms with van der Waals surface area (Å²) in [5.41, 5.74) is 1.79. The molecular formula is C15H21N3O3. The average Bonchev–Trinajstić information content (AvgIpc) is 2.51. The number of benzene rings is 1. The first-order valence-electron chi connectivity index (χ1n) is 7.25. The molecule has 114 valence electrons. The van der Waals surface area contributed by atoms with E-state index in [9.17, 15) is 10.1 Å². The maximum atomic E-state index is 11.3. The molecular weight excluding hydrogens is 270 g/mol. The molecule has 2 rings (SSSR count). The van der Waals surface area contributed by atoms with E-state index in [2.05, 4.69) is 16.7 Å². The Morgan fingerprint density at radius 3 is 3.00 bits per heavy atom. The summed E-state index contributed by atoms with van der Waals surface area (Å²) in [5, 5.41) is 17.7. The Bertz CT molecular complexity index is 529. The van der Waals surface area contributed by atoms with Gasteiger partial charge >= 0.3 is 5.69 Å². The first-order valence-corrected chi connectivity index (χ1v) is 7.25. The minimum Gasteiger partial charge on any atom is -0.487 e. The van der Waals surface area contributed by atoms with E-state index >= 15 is 0 Å². The SMILES string of the molecule is CCCOc1cccc(NCC2=CCNCC2)c1[N+](=O)[O-]. The third-order valence-corrected chi connectivity index (χ3v) is 3.31. The van der Waals surface area contributed by atoms with Gasteiger partial charge in [-0.05, 0) is 31.5 Å². The summed E-state index contributed by atoms with van der Waals surface area (Å²) >= 11 is 0. The standard InChI is InChI=1S/C15H21N3O3/c1-2-10-21-14-5-3-4-13(15(14)18(19)20)17-11-12-6-8-16-9-7-12/h3-6,16-17H,2,7-11H2,1H3. The van der Waals surface area contributed by atoms with Crippen molar-refractivity contribution < 1.29 is 9.66 Å². The quantitative estimate of drug-likeness (QED) is 0.459. The molecule has 0 atom stereocenters. The molecule has 0 saturated heterocycles. The Hall–Kier alpha value is -2.08. The number of nitrogens with zero attached hydrogens (tertiary/aromatic N) is 1. The molecule has 1 aliphatic heterocycles. The summed E-state index contributed by atoms with van der Waals surface area (Å²) in [7, 11) is 0. The monoisotopic (exact) mass is 291 g/mol. The first kappa shape index (κ1) is 15.3. The normalized spacial score (nSPS) is 14.4. The van der Waals surface area contributed by atoms with Crippen LogP contribution in [0.4, 0.5) is 11.4 Å². The fourth-order valence-electron chi connectivity index (χ4n) is 2.22. The molecule has 0 unspecified atom stereocenters. The zero-order valence-corrected chi connectivity index (χ0v) is 12.2. The lowest BCUT2D eigenvalue weighted by Crippen LogP contribution is -2.23. The molecule has 0 amide bonds. The van der Waals surface area contributed by atoms with Crippen LogP contribution in [0, 0.1) is 10.1 Å². The van der Waals surface area contributed by atoms with E-state index in [4.69, 9.17) is 4.74 Å². The second-order valence-electron chi connectivity index (χ2n) is 4.93. The van der Waals surface area contributed by atoms with E-state index in [1.54, 1.807) is 18.2 Å². The fraction of sp³-hybridized carbons (Fsp3) is 0.467. The van der Waals surface area contributed by atoms with Crippen molar-refractivity contribution in [3.05, 3.63) is 40.0 Å². The fourth-order valence-corrected chi connectivity index (χ4v) is 2.22. The highest BCUT2D eigenvalue weighted by Crippen LogP contribution is 2.35. The summed E-state index contributed by atoms with van der Waals surface area (Å²) in [5.74, 6) is 0.325. The lowest BCUT2D eigenvalue weighted by Gasteiger charge is -2.16. The van der Waals surface area contributed by atoms with Crippen molar-refractivity contribution in [1.29, 1.82) is 0 Å². The molecule has 0 aliphatic carbocycles. The molecule has 0 saturated carbocycles. The number of para-hydroxylation sites is 1. The smallest absolute Gasteiger partial charge is 0.333 e. The molecule has 0 aromatic heterocycles. The van der Waals surface area contributed by atoms with Gasteiger partial charge in [0, 0.05) is 13.1 Å². The van der Waals surface area contributed by atoms with E-state index in [1.165, 1.54) is 5.57 Å². The van der Waals surface area contributed by atoms with Crippen LogP contribution in [-0.2, 0) is 0 Å². The van der Waals surface area contributed by atoms with Crippen molar-refractivity contribution in [3.63, 3.8) is 0 Å².